The van der Waals surface area contributed by atoms with E-state index in [1.165, 1.54) is 30.0 Å². The van der Waals surface area contributed by atoms with Gasteiger partial charge in [-0.1, -0.05) is 47.8 Å². The highest BCUT2D eigenvalue weighted by molar-refractivity contribution is 8.00. The molecule has 1 unspecified atom stereocenters. The van der Waals surface area contributed by atoms with Crippen molar-refractivity contribution in [1.82, 2.24) is 0 Å². The van der Waals surface area contributed by atoms with Gasteiger partial charge in [-0.05, 0) is 61.0 Å². The van der Waals surface area contributed by atoms with Gasteiger partial charge in [0.1, 0.15) is 0 Å². The third-order valence-corrected chi connectivity index (χ3v) is 6.91. The van der Waals surface area contributed by atoms with E-state index in [1.54, 1.807) is 36.4 Å². The van der Waals surface area contributed by atoms with Crippen LogP contribution in [0.2, 0.25) is 15.1 Å². The molecule has 176 valence electrons. The Morgan fingerprint density at radius 2 is 1.62 bits per heavy atom. The van der Waals surface area contributed by atoms with E-state index in [2.05, 4.69) is 10.6 Å². The average molecular weight is 538 g/mol. The van der Waals surface area contributed by atoms with E-state index in [9.17, 15) is 19.5 Å². The van der Waals surface area contributed by atoms with E-state index in [4.69, 9.17) is 34.8 Å². The molecule has 3 aromatic rings. The lowest BCUT2D eigenvalue weighted by atomic mass is 10.2. The van der Waals surface area contributed by atoms with Crippen molar-refractivity contribution >= 4 is 75.7 Å². The Morgan fingerprint density at radius 1 is 0.882 bits per heavy atom. The van der Waals surface area contributed by atoms with E-state index in [0.29, 0.717) is 28.4 Å². The number of carbonyl (C=O) groups is 3. The molecule has 0 aromatic heterocycles. The highest BCUT2D eigenvalue weighted by Gasteiger charge is 2.20. The Labute approximate surface area is 215 Å². The van der Waals surface area contributed by atoms with E-state index in [-0.39, 0.29) is 27.4 Å². The molecule has 3 N–H and O–H groups in total. The van der Waals surface area contributed by atoms with Crippen molar-refractivity contribution < 1.29 is 19.5 Å². The number of carboxylic acid groups (broad SMARTS) is 1. The molecule has 0 bridgehead atoms. The zero-order valence-electron chi connectivity index (χ0n) is 17.8. The molecule has 0 fully saturated rings. The fraction of sp³-hybridized carbons (Fsp3) is 0.125. The van der Waals surface area contributed by atoms with Gasteiger partial charge in [0.25, 0.3) is 5.91 Å². The van der Waals surface area contributed by atoms with Gasteiger partial charge >= 0.3 is 5.97 Å². The van der Waals surface area contributed by atoms with Crippen LogP contribution in [0, 0.1) is 0 Å². The molecular formula is C24H19Cl3N2O4S. The predicted molar refractivity (Wildman–Crippen MR) is 138 cm³/mol. The lowest BCUT2D eigenvalue weighted by Crippen LogP contribution is -2.24. The van der Waals surface area contributed by atoms with Crippen LogP contribution in [0.1, 0.15) is 34.1 Å². The molecule has 2 amide bonds. The Balaban J connectivity index is 1.70. The molecule has 3 aromatic carbocycles. The number of nitrogens with one attached hydrogen (secondary N) is 2. The first-order valence-electron chi connectivity index (χ1n) is 10.0. The number of hydrogen-bond donors (Lipinski definition) is 3. The molecule has 0 aliphatic rings. The fourth-order valence-electron chi connectivity index (χ4n) is 3.00. The van der Waals surface area contributed by atoms with Crippen LogP contribution in [-0.2, 0) is 4.79 Å². The number of thioether (sulfide) groups is 1. The van der Waals surface area contributed by atoms with Crippen molar-refractivity contribution in [2.24, 2.45) is 0 Å². The van der Waals surface area contributed by atoms with Crippen molar-refractivity contribution in [3.8, 4) is 0 Å². The number of halogens is 3. The van der Waals surface area contributed by atoms with Crippen LogP contribution in [0.5, 0.6) is 0 Å². The Bertz CT molecular complexity index is 1250. The van der Waals surface area contributed by atoms with Crippen LogP contribution in [0.4, 0.5) is 11.4 Å². The van der Waals surface area contributed by atoms with Crippen LogP contribution in [0.25, 0.3) is 0 Å². The third kappa shape index (κ3) is 6.67. The number of carbonyl (C=O) groups excluding carboxylic acids is 2. The number of rotatable bonds is 8. The van der Waals surface area contributed by atoms with Crippen LogP contribution in [0.15, 0.2) is 65.6 Å². The van der Waals surface area contributed by atoms with Crippen molar-refractivity contribution in [3.63, 3.8) is 0 Å². The SMILES string of the molecule is CCC(Sc1cccc(NC(=O)c2ccc(Cl)cc2Cl)c1)C(=O)Nc1ccc(Cl)c(C(=O)O)c1. The maximum absolute atomic E-state index is 12.8. The number of hydrogen-bond acceptors (Lipinski definition) is 4. The molecule has 0 aliphatic carbocycles. The lowest BCUT2D eigenvalue weighted by Gasteiger charge is -2.16. The summed E-state index contributed by atoms with van der Waals surface area (Å²) in [6.45, 7) is 1.87. The van der Waals surface area contributed by atoms with Gasteiger partial charge in [0.15, 0.2) is 0 Å². The summed E-state index contributed by atoms with van der Waals surface area (Å²) >= 11 is 19.2. The van der Waals surface area contributed by atoms with Crippen LogP contribution in [0.3, 0.4) is 0 Å². The summed E-state index contributed by atoms with van der Waals surface area (Å²) < 4.78 is 0. The third-order valence-electron chi connectivity index (χ3n) is 4.67. The zero-order chi connectivity index (χ0) is 24.8. The Morgan fingerprint density at radius 3 is 2.29 bits per heavy atom. The van der Waals surface area contributed by atoms with Gasteiger partial charge in [-0.15, -0.1) is 11.8 Å². The first kappa shape index (κ1) is 25.9. The van der Waals surface area contributed by atoms with Crippen molar-refractivity contribution in [3.05, 3.63) is 86.9 Å². The van der Waals surface area contributed by atoms with Gasteiger partial charge in [-0.2, -0.15) is 0 Å². The Hall–Kier alpha value is -2.71. The zero-order valence-corrected chi connectivity index (χ0v) is 20.9. The molecule has 0 radical (unpaired) electrons. The highest BCUT2D eigenvalue weighted by atomic mass is 35.5. The quantitative estimate of drug-likeness (QED) is 0.266. The molecule has 0 saturated carbocycles. The van der Waals surface area contributed by atoms with Gasteiger partial charge in [-0.3, -0.25) is 9.59 Å². The van der Waals surface area contributed by atoms with Gasteiger partial charge < -0.3 is 15.7 Å². The molecule has 6 nitrogen and oxygen atoms in total. The number of carboxylic acids is 1. The molecular weight excluding hydrogens is 519 g/mol. The maximum Gasteiger partial charge on any atom is 0.337 e. The van der Waals surface area contributed by atoms with Crippen molar-refractivity contribution in [2.75, 3.05) is 10.6 Å². The summed E-state index contributed by atoms with van der Waals surface area (Å²) in [6, 6.07) is 16.0. The topological polar surface area (TPSA) is 95.5 Å². The summed E-state index contributed by atoms with van der Waals surface area (Å²) in [4.78, 5) is 37.5. The molecule has 3 rings (SSSR count). The molecule has 10 heteroatoms. The monoisotopic (exact) mass is 536 g/mol. The predicted octanol–water partition coefficient (Wildman–Crippen LogP) is 7.11. The molecule has 0 heterocycles. The van der Waals surface area contributed by atoms with Crippen molar-refractivity contribution in [2.45, 2.75) is 23.5 Å². The Kier molecular flexibility index (Phi) is 8.85. The van der Waals surface area contributed by atoms with E-state index in [1.807, 2.05) is 13.0 Å². The minimum atomic E-state index is -1.18. The molecule has 1 atom stereocenters. The molecule has 0 saturated heterocycles. The van der Waals surface area contributed by atoms with E-state index >= 15 is 0 Å². The largest absolute Gasteiger partial charge is 0.478 e. The van der Waals surface area contributed by atoms with Crippen molar-refractivity contribution in [1.29, 1.82) is 0 Å². The summed E-state index contributed by atoms with van der Waals surface area (Å²) in [5.74, 6) is -1.85. The van der Waals surface area contributed by atoms with E-state index in [0.717, 1.165) is 4.90 Å². The van der Waals surface area contributed by atoms with Crippen LogP contribution in [-0.4, -0.2) is 28.1 Å². The smallest absolute Gasteiger partial charge is 0.337 e. The summed E-state index contributed by atoms with van der Waals surface area (Å²) in [7, 11) is 0. The van der Waals surface area contributed by atoms with Crippen LogP contribution < -0.4 is 10.6 Å². The highest BCUT2D eigenvalue weighted by Crippen LogP contribution is 2.30. The van der Waals surface area contributed by atoms with Gasteiger partial charge in [0.05, 0.1) is 26.4 Å². The van der Waals surface area contributed by atoms with Crippen LogP contribution >= 0.6 is 46.6 Å². The minimum absolute atomic E-state index is 0.0886. The number of amides is 2. The minimum Gasteiger partial charge on any atom is -0.478 e. The molecule has 34 heavy (non-hydrogen) atoms. The van der Waals surface area contributed by atoms with Gasteiger partial charge in [0, 0.05) is 21.3 Å². The number of anilines is 2. The fourth-order valence-corrected chi connectivity index (χ4v) is 4.70. The van der Waals surface area contributed by atoms with Gasteiger partial charge in [0.2, 0.25) is 5.91 Å². The summed E-state index contributed by atoms with van der Waals surface area (Å²) in [6.07, 6.45) is 0.521. The average Bonchev–Trinajstić information content (AvgIpc) is 2.78. The van der Waals surface area contributed by atoms with Gasteiger partial charge in [-0.25, -0.2) is 4.79 Å². The number of benzene rings is 3. The first-order valence-corrected chi connectivity index (χ1v) is 12.1. The van der Waals surface area contributed by atoms with E-state index < -0.39 is 11.2 Å². The standard InChI is InChI=1S/C24H19Cl3N2O4S/c1-2-21(23(31)29-15-7-9-19(26)18(12-15)24(32)33)34-16-5-3-4-14(11-16)28-22(30)17-8-6-13(25)10-20(17)27/h3-12,21H,2H2,1H3,(H,28,30)(H,29,31)(H,32,33). The summed E-state index contributed by atoms with van der Waals surface area (Å²) in [5, 5.41) is 15.1. The second-order valence-corrected chi connectivity index (χ2v) is 9.64. The summed E-state index contributed by atoms with van der Waals surface area (Å²) in [5.41, 5.74) is 1.08. The second-order valence-electron chi connectivity index (χ2n) is 7.11. The number of aromatic carboxylic acids is 1. The first-order chi connectivity index (χ1) is 16.2. The normalized spacial score (nSPS) is 11.5. The molecule has 0 spiro atoms. The second kappa shape index (κ2) is 11.6. The lowest BCUT2D eigenvalue weighted by molar-refractivity contribution is -0.115. The maximum atomic E-state index is 12.8. The molecule has 0 aliphatic heterocycles.